The van der Waals surface area contributed by atoms with Gasteiger partial charge in [0, 0.05) is 31.9 Å². The summed E-state index contributed by atoms with van der Waals surface area (Å²) in [4.78, 5) is 4.29. The van der Waals surface area contributed by atoms with Crippen molar-refractivity contribution in [1.29, 1.82) is 0 Å². The van der Waals surface area contributed by atoms with Crippen molar-refractivity contribution in [3.8, 4) is 0 Å². The molecule has 0 amide bonds. The van der Waals surface area contributed by atoms with E-state index in [1.807, 2.05) is 6.92 Å². The topological polar surface area (TPSA) is 45.7 Å². The molecule has 0 saturated heterocycles. The summed E-state index contributed by atoms with van der Waals surface area (Å²) in [7, 11) is 0. The van der Waals surface area contributed by atoms with Crippen molar-refractivity contribution >= 4 is 29.9 Å². The van der Waals surface area contributed by atoms with E-state index >= 15 is 0 Å². The third-order valence-corrected chi connectivity index (χ3v) is 3.57. The predicted molar refractivity (Wildman–Crippen MR) is 103 cm³/mol. The normalized spacial score (nSPS) is 14.2. The minimum Gasteiger partial charge on any atom is -0.381 e. The van der Waals surface area contributed by atoms with Gasteiger partial charge in [-0.2, -0.15) is 0 Å². The van der Waals surface area contributed by atoms with Gasteiger partial charge < -0.3 is 15.4 Å². The highest BCUT2D eigenvalue weighted by atomic mass is 127. The van der Waals surface area contributed by atoms with E-state index in [1.54, 1.807) is 0 Å². The zero-order chi connectivity index (χ0) is 16.5. The summed E-state index contributed by atoms with van der Waals surface area (Å²) >= 11 is 0. The number of aliphatic imine (C=N–C) groups is 1. The number of halogens is 3. The Bertz CT molecular complexity index is 525. The fourth-order valence-corrected chi connectivity index (χ4v) is 2.09. The molecule has 7 heteroatoms. The number of rotatable bonds is 9. The second-order valence-electron chi connectivity index (χ2n) is 5.73. The van der Waals surface area contributed by atoms with Crippen LogP contribution in [-0.4, -0.2) is 32.3 Å². The van der Waals surface area contributed by atoms with Gasteiger partial charge in [-0.05, 0) is 50.3 Å². The highest BCUT2D eigenvalue weighted by molar-refractivity contribution is 14.0. The van der Waals surface area contributed by atoms with Crippen molar-refractivity contribution in [1.82, 2.24) is 10.6 Å². The van der Waals surface area contributed by atoms with Crippen LogP contribution < -0.4 is 10.6 Å². The molecule has 2 N–H and O–H groups in total. The van der Waals surface area contributed by atoms with E-state index in [4.69, 9.17) is 4.74 Å². The molecule has 1 saturated carbocycles. The number of nitrogens with one attached hydrogen (secondary N) is 2. The van der Waals surface area contributed by atoms with Crippen molar-refractivity contribution in [2.75, 3.05) is 26.3 Å². The van der Waals surface area contributed by atoms with E-state index in [0.717, 1.165) is 44.2 Å². The van der Waals surface area contributed by atoms with Crippen LogP contribution in [0.1, 0.15) is 31.7 Å². The summed E-state index contributed by atoms with van der Waals surface area (Å²) in [6.45, 7) is 5.07. The van der Waals surface area contributed by atoms with Crippen molar-refractivity contribution in [3.05, 3.63) is 35.4 Å². The first-order valence-corrected chi connectivity index (χ1v) is 8.23. The molecule has 1 aromatic rings. The molecule has 1 aliphatic rings. The molecule has 0 aromatic heterocycles. The minimum atomic E-state index is -0.456. The van der Waals surface area contributed by atoms with Crippen LogP contribution in [0.3, 0.4) is 0 Å². The van der Waals surface area contributed by atoms with Crippen LogP contribution in [0.4, 0.5) is 8.78 Å². The molecule has 1 fully saturated rings. The summed E-state index contributed by atoms with van der Waals surface area (Å²) in [5, 5.41) is 6.26. The van der Waals surface area contributed by atoms with E-state index in [-0.39, 0.29) is 36.1 Å². The number of guanidine groups is 1. The van der Waals surface area contributed by atoms with Crippen molar-refractivity contribution in [2.24, 2.45) is 10.9 Å². The van der Waals surface area contributed by atoms with Gasteiger partial charge in [-0.1, -0.05) is 0 Å². The van der Waals surface area contributed by atoms with Crippen molar-refractivity contribution < 1.29 is 13.5 Å². The zero-order valence-corrected chi connectivity index (χ0v) is 16.3. The van der Waals surface area contributed by atoms with Crippen LogP contribution in [0, 0.1) is 17.6 Å². The summed E-state index contributed by atoms with van der Waals surface area (Å²) in [6, 6.07) is 3.40. The molecular formula is C17H26F2IN3O. The third-order valence-electron chi connectivity index (χ3n) is 3.57. The van der Waals surface area contributed by atoms with Crippen LogP contribution in [0.25, 0.3) is 0 Å². The molecule has 0 heterocycles. The molecule has 24 heavy (non-hydrogen) atoms. The molecule has 4 nitrogen and oxygen atoms in total. The zero-order valence-electron chi connectivity index (χ0n) is 14.0. The molecule has 0 spiro atoms. The molecular weight excluding hydrogens is 427 g/mol. The SMILES string of the molecule is CCNC(=NCc1cc(F)ccc1F)NCCCOCC1CC1.I. The number of ether oxygens (including phenoxy) is 1. The number of hydrogen-bond acceptors (Lipinski definition) is 2. The maximum absolute atomic E-state index is 13.6. The molecule has 0 bridgehead atoms. The van der Waals surface area contributed by atoms with E-state index in [2.05, 4.69) is 15.6 Å². The Labute approximate surface area is 159 Å². The van der Waals surface area contributed by atoms with Gasteiger partial charge >= 0.3 is 0 Å². The van der Waals surface area contributed by atoms with Gasteiger partial charge in [0.25, 0.3) is 0 Å². The van der Waals surface area contributed by atoms with Gasteiger partial charge in [0.1, 0.15) is 11.6 Å². The van der Waals surface area contributed by atoms with Gasteiger partial charge in [0.05, 0.1) is 6.54 Å². The fraction of sp³-hybridized carbons (Fsp3) is 0.588. The third kappa shape index (κ3) is 8.23. The first kappa shape index (κ1) is 21.1. The summed E-state index contributed by atoms with van der Waals surface area (Å²) < 4.78 is 32.3. The van der Waals surface area contributed by atoms with Crippen LogP contribution in [0.5, 0.6) is 0 Å². The predicted octanol–water partition coefficient (Wildman–Crippen LogP) is 3.45. The van der Waals surface area contributed by atoms with Crippen LogP contribution in [-0.2, 0) is 11.3 Å². The minimum absolute atomic E-state index is 0. The van der Waals surface area contributed by atoms with E-state index < -0.39 is 11.6 Å². The Hall–Kier alpha value is -0.960. The first-order valence-electron chi connectivity index (χ1n) is 8.23. The number of benzene rings is 1. The summed E-state index contributed by atoms with van der Waals surface area (Å²) in [6.07, 6.45) is 3.48. The Kier molecular flexibility index (Phi) is 10.2. The maximum atomic E-state index is 13.6. The lowest BCUT2D eigenvalue weighted by molar-refractivity contribution is 0.123. The lowest BCUT2D eigenvalue weighted by Crippen LogP contribution is -2.38. The second kappa shape index (κ2) is 11.6. The van der Waals surface area contributed by atoms with Gasteiger partial charge in [-0.15, -0.1) is 24.0 Å². The monoisotopic (exact) mass is 453 g/mol. The average molecular weight is 453 g/mol. The van der Waals surface area contributed by atoms with E-state index in [9.17, 15) is 8.78 Å². The van der Waals surface area contributed by atoms with Crippen molar-refractivity contribution in [3.63, 3.8) is 0 Å². The molecule has 0 radical (unpaired) electrons. The van der Waals surface area contributed by atoms with E-state index in [1.165, 1.54) is 18.9 Å². The molecule has 0 unspecified atom stereocenters. The van der Waals surface area contributed by atoms with Crippen LogP contribution in [0.2, 0.25) is 0 Å². The highest BCUT2D eigenvalue weighted by Crippen LogP contribution is 2.28. The second-order valence-corrected chi connectivity index (χ2v) is 5.73. The smallest absolute Gasteiger partial charge is 0.191 e. The molecule has 1 aromatic carbocycles. The number of hydrogen-bond donors (Lipinski definition) is 2. The van der Waals surface area contributed by atoms with Gasteiger partial charge in [0.15, 0.2) is 5.96 Å². The number of nitrogens with zero attached hydrogens (tertiary/aromatic N) is 1. The average Bonchev–Trinajstić information content (AvgIpc) is 3.35. The lowest BCUT2D eigenvalue weighted by atomic mass is 10.2. The van der Waals surface area contributed by atoms with Crippen LogP contribution >= 0.6 is 24.0 Å². The lowest BCUT2D eigenvalue weighted by Gasteiger charge is -2.11. The molecule has 0 aliphatic heterocycles. The van der Waals surface area contributed by atoms with Gasteiger partial charge in [-0.3, -0.25) is 0 Å². The Morgan fingerprint density at radius 1 is 1.29 bits per heavy atom. The van der Waals surface area contributed by atoms with Gasteiger partial charge in [0.2, 0.25) is 0 Å². The standard InChI is InChI=1S/C17H25F2N3O.HI/c1-2-20-17(21-8-3-9-23-12-13-4-5-13)22-11-14-10-15(18)6-7-16(14)19;/h6-7,10,13H,2-5,8-9,11-12H2,1H3,(H2,20,21,22);1H. The van der Waals surface area contributed by atoms with E-state index in [0.29, 0.717) is 12.5 Å². The molecule has 136 valence electrons. The summed E-state index contributed by atoms with van der Waals surface area (Å²) in [5.74, 6) is 0.475. The largest absolute Gasteiger partial charge is 0.381 e. The Morgan fingerprint density at radius 2 is 2.08 bits per heavy atom. The fourth-order valence-electron chi connectivity index (χ4n) is 2.09. The van der Waals surface area contributed by atoms with Crippen molar-refractivity contribution in [2.45, 2.75) is 32.7 Å². The highest BCUT2D eigenvalue weighted by Gasteiger charge is 2.20. The quantitative estimate of drug-likeness (QED) is 0.261. The molecule has 2 rings (SSSR count). The Balaban J connectivity index is 0.00000288. The molecule has 0 atom stereocenters. The Morgan fingerprint density at radius 3 is 2.79 bits per heavy atom. The summed E-state index contributed by atoms with van der Waals surface area (Å²) in [5.41, 5.74) is 0.245. The maximum Gasteiger partial charge on any atom is 0.191 e. The first-order chi connectivity index (χ1) is 11.2. The van der Waals surface area contributed by atoms with Gasteiger partial charge in [-0.25, -0.2) is 13.8 Å². The van der Waals surface area contributed by atoms with Crippen LogP contribution in [0.15, 0.2) is 23.2 Å². The molecule has 1 aliphatic carbocycles.